The number of benzene rings is 1. The Morgan fingerprint density at radius 3 is 2.39 bits per heavy atom. The fraction of sp³-hybridized carbons (Fsp3) is 0.333. The summed E-state index contributed by atoms with van der Waals surface area (Å²) in [5, 5.41) is 10.5. The molecule has 4 nitrogen and oxygen atoms in total. The van der Waals surface area contributed by atoms with Crippen molar-refractivity contribution in [2.45, 2.75) is 50.2 Å². The Bertz CT molecular complexity index is 1080. The standard InChI is InChI=1S/C27H28N2O2/c1-17(2)31-26-16-24(28-27(29-26)22-13-7-8-14-25(22)30)23-15-18-9-3-4-10-19(18)20-11-5-6-12-21(20)23/h3-14,16-19,22-23,25,30H,15H2,1-2H3. The van der Waals surface area contributed by atoms with E-state index in [0.717, 1.165) is 12.1 Å². The molecular formula is C27H28N2O2. The van der Waals surface area contributed by atoms with Gasteiger partial charge in [-0.3, -0.25) is 0 Å². The zero-order valence-electron chi connectivity index (χ0n) is 17.9. The molecule has 2 aromatic rings. The first-order chi connectivity index (χ1) is 15.1. The summed E-state index contributed by atoms with van der Waals surface area (Å²) in [7, 11) is 0. The fourth-order valence-corrected chi connectivity index (χ4v) is 4.95. The van der Waals surface area contributed by atoms with Gasteiger partial charge in [-0.25, -0.2) is 4.98 Å². The van der Waals surface area contributed by atoms with Crippen LogP contribution in [0.5, 0.6) is 5.88 Å². The largest absolute Gasteiger partial charge is 0.475 e. The zero-order valence-corrected chi connectivity index (χ0v) is 17.9. The lowest BCUT2D eigenvalue weighted by Gasteiger charge is -2.36. The first-order valence-electron chi connectivity index (χ1n) is 11.1. The van der Waals surface area contributed by atoms with Crippen LogP contribution in [0.15, 0.2) is 78.9 Å². The maximum Gasteiger partial charge on any atom is 0.217 e. The van der Waals surface area contributed by atoms with Crippen molar-refractivity contribution in [3.8, 4) is 5.88 Å². The van der Waals surface area contributed by atoms with Gasteiger partial charge in [-0.1, -0.05) is 72.9 Å². The summed E-state index contributed by atoms with van der Waals surface area (Å²) in [6.07, 6.45) is 16.8. The molecule has 0 fully saturated rings. The maximum atomic E-state index is 10.5. The highest BCUT2D eigenvalue weighted by molar-refractivity contribution is 5.46. The number of hydrogen-bond donors (Lipinski definition) is 1. The molecule has 3 aliphatic carbocycles. The van der Waals surface area contributed by atoms with E-state index in [1.54, 1.807) is 6.08 Å². The molecule has 31 heavy (non-hydrogen) atoms. The first-order valence-corrected chi connectivity index (χ1v) is 11.1. The molecule has 0 amide bonds. The maximum absolute atomic E-state index is 10.5. The third-order valence-corrected chi connectivity index (χ3v) is 6.34. The minimum absolute atomic E-state index is 0.0109. The molecule has 1 N–H and O–H groups in total. The molecule has 1 aromatic carbocycles. The molecule has 5 rings (SSSR count). The Kier molecular flexibility index (Phi) is 5.33. The highest BCUT2D eigenvalue weighted by Crippen LogP contribution is 2.47. The lowest BCUT2D eigenvalue weighted by atomic mass is 9.68. The van der Waals surface area contributed by atoms with Gasteiger partial charge in [0.15, 0.2) is 0 Å². The Labute approximate surface area is 183 Å². The smallest absolute Gasteiger partial charge is 0.217 e. The van der Waals surface area contributed by atoms with Gasteiger partial charge in [0.1, 0.15) is 5.82 Å². The van der Waals surface area contributed by atoms with Crippen LogP contribution in [0, 0.1) is 5.92 Å². The summed E-state index contributed by atoms with van der Waals surface area (Å²) in [4.78, 5) is 9.67. The van der Waals surface area contributed by atoms with Gasteiger partial charge in [0.25, 0.3) is 0 Å². The van der Waals surface area contributed by atoms with Crippen LogP contribution in [0.3, 0.4) is 0 Å². The summed E-state index contributed by atoms with van der Waals surface area (Å²) in [6, 6.07) is 10.7. The third kappa shape index (κ3) is 3.88. The van der Waals surface area contributed by atoms with Crippen LogP contribution in [0.2, 0.25) is 0 Å². The Morgan fingerprint density at radius 1 is 0.903 bits per heavy atom. The number of rotatable bonds is 4. The number of aliphatic hydroxyl groups excluding tert-OH is 1. The minimum atomic E-state index is -0.637. The molecule has 3 aliphatic rings. The Hall–Kier alpha value is -2.98. The molecule has 158 valence electrons. The van der Waals surface area contributed by atoms with E-state index in [1.165, 1.54) is 11.1 Å². The number of ether oxygens (including phenoxy) is 1. The summed E-state index contributed by atoms with van der Waals surface area (Å²) in [6.45, 7) is 4.00. The van der Waals surface area contributed by atoms with Gasteiger partial charge >= 0.3 is 0 Å². The molecule has 0 spiro atoms. The minimum Gasteiger partial charge on any atom is -0.475 e. The molecule has 5 atom stereocenters. The van der Waals surface area contributed by atoms with E-state index in [1.807, 2.05) is 38.1 Å². The van der Waals surface area contributed by atoms with E-state index in [2.05, 4.69) is 53.6 Å². The van der Waals surface area contributed by atoms with E-state index in [-0.39, 0.29) is 17.9 Å². The number of fused-ring (bicyclic) bond motifs is 3. The van der Waals surface area contributed by atoms with Gasteiger partial charge in [-0.2, -0.15) is 4.98 Å². The average molecular weight is 413 g/mol. The quantitative estimate of drug-likeness (QED) is 0.750. The predicted molar refractivity (Wildman–Crippen MR) is 122 cm³/mol. The van der Waals surface area contributed by atoms with Crippen molar-refractivity contribution in [2.24, 2.45) is 5.92 Å². The van der Waals surface area contributed by atoms with Crippen molar-refractivity contribution in [3.63, 3.8) is 0 Å². The van der Waals surface area contributed by atoms with Crippen molar-refractivity contribution < 1.29 is 9.84 Å². The van der Waals surface area contributed by atoms with Crippen LogP contribution >= 0.6 is 0 Å². The van der Waals surface area contributed by atoms with Crippen LogP contribution in [0.1, 0.15) is 60.7 Å². The van der Waals surface area contributed by atoms with Gasteiger partial charge in [0.2, 0.25) is 5.88 Å². The van der Waals surface area contributed by atoms with Crippen molar-refractivity contribution in [1.82, 2.24) is 9.97 Å². The fourth-order valence-electron chi connectivity index (χ4n) is 4.95. The SMILES string of the molecule is CC(C)Oc1cc(C2CC3C=CC=CC3c3ccccc32)nc(C2C=CC=CC2O)n1. The topological polar surface area (TPSA) is 55.2 Å². The molecule has 0 bridgehead atoms. The lowest BCUT2D eigenvalue weighted by molar-refractivity contribution is 0.199. The monoisotopic (exact) mass is 412 g/mol. The Morgan fingerprint density at radius 2 is 1.61 bits per heavy atom. The van der Waals surface area contributed by atoms with Crippen LogP contribution in [0.4, 0.5) is 0 Å². The number of aliphatic hydroxyl groups is 1. The van der Waals surface area contributed by atoms with E-state index in [4.69, 9.17) is 9.72 Å². The van der Waals surface area contributed by atoms with E-state index in [9.17, 15) is 5.11 Å². The molecule has 0 saturated carbocycles. The van der Waals surface area contributed by atoms with Gasteiger partial charge in [0, 0.05) is 17.9 Å². The van der Waals surface area contributed by atoms with Gasteiger partial charge < -0.3 is 9.84 Å². The third-order valence-electron chi connectivity index (χ3n) is 6.34. The van der Waals surface area contributed by atoms with Crippen LogP contribution in [0.25, 0.3) is 0 Å². The molecule has 1 aromatic heterocycles. The second-order valence-electron chi connectivity index (χ2n) is 8.82. The summed E-state index contributed by atoms with van der Waals surface area (Å²) in [5.41, 5.74) is 3.66. The molecule has 0 radical (unpaired) electrons. The molecule has 4 heteroatoms. The second-order valence-corrected chi connectivity index (χ2v) is 8.82. The number of allylic oxidation sites excluding steroid dienone is 6. The lowest BCUT2D eigenvalue weighted by Crippen LogP contribution is -2.25. The van der Waals surface area contributed by atoms with Crippen molar-refractivity contribution in [1.29, 1.82) is 0 Å². The molecular weight excluding hydrogens is 384 g/mol. The number of hydrogen-bond acceptors (Lipinski definition) is 4. The zero-order chi connectivity index (χ0) is 21.4. The van der Waals surface area contributed by atoms with E-state index < -0.39 is 6.10 Å². The van der Waals surface area contributed by atoms with Crippen LogP contribution in [-0.4, -0.2) is 27.3 Å². The van der Waals surface area contributed by atoms with Crippen LogP contribution < -0.4 is 4.74 Å². The summed E-state index contributed by atoms with van der Waals surface area (Å²) in [5.74, 6) is 1.93. The first kappa shape index (κ1) is 20.0. The average Bonchev–Trinajstić information content (AvgIpc) is 2.78. The summed E-state index contributed by atoms with van der Waals surface area (Å²) >= 11 is 0. The summed E-state index contributed by atoms with van der Waals surface area (Å²) < 4.78 is 6.01. The van der Waals surface area contributed by atoms with Crippen LogP contribution in [-0.2, 0) is 0 Å². The predicted octanol–water partition coefficient (Wildman–Crippen LogP) is 5.20. The molecule has 1 heterocycles. The van der Waals surface area contributed by atoms with Gasteiger partial charge in [0.05, 0.1) is 23.8 Å². The van der Waals surface area contributed by atoms with Crippen molar-refractivity contribution in [3.05, 3.63) is 102 Å². The van der Waals surface area contributed by atoms with Gasteiger partial charge in [-0.05, 0) is 37.3 Å². The number of aromatic nitrogens is 2. The van der Waals surface area contributed by atoms with Gasteiger partial charge in [-0.15, -0.1) is 0 Å². The van der Waals surface area contributed by atoms with E-state index >= 15 is 0 Å². The van der Waals surface area contributed by atoms with Crippen molar-refractivity contribution in [2.75, 3.05) is 0 Å². The molecule has 5 unspecified atom stereocenters. The second kappa shape index (κ2) is 8.27. The molecule has 0 saturated heterocycles. The normalized spacial score (nSPS) is 28.5. The van der Waals surface area contributed by atoms with E-state index in [0.29, 0.717) is 23.5 Å². The number of nitrogens with zero attached hydrogens (tertiary/aromatic N) is 2. The molecule has 0 aliphatic heterocycles. The highest BCUT2D eigenvalue weighted by atomic mass is 16.5. The Balaban J connectivity index is 1.61. The highest BCUT2D eigenvalue weighted by Gasteiger charge is 2.35. The van der Waals surface area contributed by atoms with Crippen molar-refractivity contribution >= 4 is 0 Å².